The van der Waals surface area contributed by atoms with E-state index in [-0.39, 0.29) is 23.8 Å². The highest BCUT2D eigenvalue weighted by atomic mass is 35.5. The van der Waals surface area contributed by atoms with Crippen molar-refractivity contribution in [2.75, 3.05) is 25.0 Å². The summed E-state index contributed by atoms with van der Waals surface area (Å²) in [5, 5.41) is 20.4. The smallest absolute Gasteiger partial charge is 0.275 e. The maximum atomic E-state index is 12.2. The van der Waals surface area contributed by atoms with Gasteiger partial charge in [-0.15, -0.1) is 0 Å². The van der Waals surface area contributed by atoms with Crippen molar-refractivity contribution in [3.63, 3.8) is 0 Å². The van der Waals surface area contributed by atoms with Crippen molar-refractivity contribution >= 4 is 23.3 Å². The van der Waals surface area contributed by atoms with Crippen LogP contribution in [0.1, 0.15) is 17.4 Å². The third-order valence-electron chi connectivity index (χ3n) is 2.22. The summed E-state index contributed by atoms with van der Waals surface area (Å²) in [5.41, 5.74) is 0.0330. The Morgan fingerprint density at radius 2 is 2.05 bits per heavy atom. The first kappa shape index (κ1) is 14.7. The molecule has 0 aromatic carbocycles. The van der Waals surface area contributed by atoms with Gasteiger partial charge >= 0.3 is 0 Å². The molecular weight excluding hydrogens is 266 g/mol. The number of rotatable bonds is 5. The molecule has 1 N–H and O–H groups in total. The van der Waals surface area contributed by atoms with E-state index in [0.29, 0.717) is 12.4 Å². The van der Waals surface area contributed by atoms with Crippen LogP contribution >= 0.6 is 11.6 Å². The number of nitrogens with zero attached hydrogens (tertiary/aromatic N) is 4. The molecule has 0 unspecified atom stereocenters. The first-order valence-electron chi connectivity index (χ1n) is 5.57. The van der Waals surface area contributed by atoms with Crippen LogP contribution in [0.25, 0.3) is 0 Å². The monoisotopic (exact) mass is 277 g/mol. The van der Waals surface area contributed by atoms with E-state index in [9.17, 15) is 4.79 Å². The molecular formula is C12H12ClN5O. The lowest BCUT2D eigenvalue weighted by Gasteiger charge is -2.16. The quantitative estimate of drug-likeness (QED) is 0.826. The van der Waals surface area contributed by atoms with Gasteiger partial charge in [-0.25, -0.2) is 4.98 Å². The van der Waals surface area contributed by atoms with E-state index < -0.39 is 5.91 Å². The zero-order valence-corrected chi connectivity index (χ0v) is 11.1. The first-order valence-corrected chi connectivity index (χ1v) is 5.95. The Morgan fingerprint density at radius 3 is 2.58 bits per heavy atom. The number of aromatic nitrogens is 1. The fourth-order valence-electron chi connectivity index (χ4n) is 1.39. The number of nitriles is 2. The molecule has 1 aromatic heterocycles. The predicted molar refractivity (Wildman–Crippen MR) is 70.5 cm³/mol. The fraction of sp³-hybridized carbons (Fsp3) is 0.333. The van der Waals surface area contributed by atoms with Gasteiger partial charge in [0.05, 0.1) is 17.2 Å². The SMILES string of the molecule is CCNc1ccc(Cl)c(C(=O)N(CC#N)CC#N)n1. The minimum atomic E-state index is -0.534. The van der Waals surface area contributed by atoms with E-state index in [1.807, 2.05) is 19.1 Å². The summed E-state index contributed by atoms with van der Waals surface area (Å²) >= 11 is 5.93. The van der Waals surface area contributed by atoms with E-state index in [1.54, 1.807) is 12.1 Å². The number of pyridine rings is 1. The van der Waals surface area contributed by atoms with Crippen LogP contribution in [-0.2, 0) is 0 Å². The number of carbonyl (C=O) groups is 1. The molecule has 1 amide bonds. The van der Waals surface area contributed by atoms with Crippen molar-refractivity contribution in [1.82, 2.24) is 9.88 Å². The third-order valence-corrected chi connectivity index (χ3v) is 2.52. The van der Waals surface area contributed by atoms with Crippen LogP contribution in [0.2, 0.25) is 5.02 Å². The number of amides is 1. The highest BCUT2D eigenvalue weighted by Gasteiger charge is 2.20. The van der Waals surface area contributed by atoms with Gasteiger partial charge in [-0.1, -0.05) is 11.6 Å². The number of halogens is 1. The topological polar surface area (TPSA) is 92.8 Å². The Morgan fingerprint density at radius 1 is 1.42 bits per heavy atom. The second-order valence-corrected chi connectivity index (χ2v) is 3.94. The lowest BCUT2D eigenvalue weighted by Crippen LogP contribution is -2.32. The zero-order valence-electron chi connectivity index (χ0n) is 10.4. The second-order valence-electron chi connectivity index (χ2n) is 3.53. The average molecular weight is 278 g/mol. The largest absolute Gasteiger partial charge is 0.370 e. The number of hydrogen-bond donors (Lipinski definition) is 1. The summed E-state index contributed by atoms with van der Waals surface area (Å²) in [6, 6.07) is 6.87. The molecule has 0 bridgehead atoms. The molecule has 0 saturated carbocycles. The summed E-state index contributed by atoms with van der Waals surface area (Å²) in [5.74, 6) is -0.0167. The van der Waals surface area contributed by atoms with Gasteiger partial charge in [0, 0.05) is 6.54 Å². The molecule has 0 saturated heterocycles. The molecule has 7 heteroatoms. The van der Waals surface area contributed by atoms with E-state index in [1.165, 1.54) is 0 Å². The van der Waals surface area contributed by atoms with Crippen LogP contribution in [0, 0.1) is 22.7 Å². The standard InChI is InChI=1S/C12H12ClN5O/c1-2-16-10-4-3-9(13)11(17-10)12(19)18(7-5-14)8-6-15/h3-4H,2,7-8H2,1H3,(H,16,17). The number of carbonyl (C=O) groups excluding carboxylic acids is 1. The molecule has 0 spiro atoms. The highest BCUT2D eigenvalue weighted by Crippen LogP contribution is 2.18. The van der Waals surface area contributed by atoms with Crippen LogP contribution in [0.3, 0.4) is 0 Å². The van der Waals surface area contributed by atoms with Crippen LogP contribution in [-0.4, -0.2) is 35.4 Å². The van der Waals surface area contributed by atoms with Crippen molar-refractivity contribution in [2.24, 2.45) is 0 Å². The van der Waals surface area contributed by atoms with Crippen molar-refractivity contribution in [3.8, 4) is 12.1 Å². The number of anilines is 1. The molecule has 6 nitrogen and oxygen atoms in total. The Balaban J connectivity index is 3.06. The van der Waals surface area contributed by atoms with Gasteiger partial charge in [-0.05, 0) is 19.1 Å². The van der Waals surface area contributed by atoms with Crippen LogP contribution in [0.5, 0.6) is 0 Å². The van der Waals surface area contributed by atoms with Crippen molar-refractivity contribution in [3.05, 3.63) is 22.8 Å². The van der Waals surface area contributed by atoms with Crippen LogP contribution < -0.4 is 5.32 Å². The van der Waals surface area contributed by atoms with E-state index in [4.69, 9.17) is 22.1 Å². The van der Waals surface area contributed by atoms with Crippen LogP contribution in [0.15, 0.2) is 12.1 Å². The second kappa shape index (κ2) is 7.20. The van der Waals surface area contributed by atoms with Gasteiger partial charge in [0.2, 0.25) is 0 Å². The molecule has 0 aliphatic rings. The molecule has 0 fully saturated rings. The number of nitrogens with one attached hydrogen (secondary N) is 1. The Bertz CT molecular complexity index is 530. The number of hydrogen-bond acceptors (Lipinski definition) is 5. The molecule has 19 heavy (non-hydrogen) atoms. The molecule has 0 radical (unpaired) electrons. The van der Waals surface area contributed by atoms with E-state index in [0.717, 1.165) is 4.90 Å². The molecule has 0 aliphatic heterocycles. The van der Waals surface area contributed by atoms with Crippen molar-refractivity contribution in [1.29, 1.82) is 10.5 Å². The summed E-state index contributed by atoms with van der Waals surface area (Å²) in [7, 11) is 0. The Hall–Kier alpha value is -2.31. The Kier molecular flexibility index (Phi) is 5.59. The van der Waals surface area contributed by atoms with Crippen molar-refractivity contribution in [2.45, 2.75) is 6.92 Å². The maximum absolute atomic E-state index is 12.2. The van der Waals surface area contributed by atoms with Gasteiger partial charge in [-0.2, -0.15) is 10.5 Å². The van der Waals surface area contributed by atoms with Gasteiger partial charge in [0.1, 0.15) is 24.6 Å². The third kappa shape index (κ3) is 3.84. The van der Waals surface area contributed by atoms with Gasteiger partial charge in [0.15, 0.2) is 0 Å². The maximum Gasteiger partial charge on any atom is 0.275 e. The summed E-state index contributed by atoms with van der Waals surface area (Å²) in [6.45, 7) is 2.18. The van der Waals surface area contributed by atoms with E-state index >= 15 is 0 Å². The van der Waals surface area contributed by atoms with E-state index in [2.05, 4.69) is 10.3 Å². The Labute approximate surface area is 116 Å². The molecule has 0 atom stereocenters. The molecule has 98 valence electrons. The predicted octanol–water partition coefficient (Wildman–Crippen LogP) is 1.66. The lowest BCUT2D eigenvalue weighted by molar-refractivity contribution is 0.0789. The van der Waals surface area contributed by atoms with Gasteiger partial charge < -0.3 is 10.2 Å². The molecule has 1 rings (SSSR count). The van der Waals surface area contributed by atoms with Gasteiger partial charge in [0.25, 0.3) is 5.91 Å². The fourth-order valence-corrected chi connectivity index (χ4v) is 1.58. The molecule has 1 heterocycles. The molecule has 0 aliphatic carbocycles. The minimum absolute atomic E-state index is 0.0330. The minimum Gasteiger partial charge on any atom is -0.370 e. The molecule has 1 aromatic rings. The summed E-state index contributed by atoms with van der Waals surface area (Å²) in [4.78, 5) is 17.3. The lowest BCUT2D eigenvalue weighted by atomic mass is 10.3. The summed E-state index contributed by atoms with van der Waals surface area (Å²) < 4.78 is 0. The summed E-state index contributed by atoms with van der Waals surface area (Å²) in [6.07, 6.45) is 0. The normalized spacial score (nSPS) is 9.26. The first-order chi connectivity index (χ1) is 9.13. The highest BCUT2D eigenvalue weighted by molar-refractivity contribution is 6.33. The van der Waals surface area contributed by atoms with Crippen LogP contribution in [0.4, 0.5) is 5.82 Å². The van der Waals surface area contributed by atoms with Gasteiger partial charge in [-0.3, -0.25) is 4.79 Å². The average Bonchev–Trinajstić information content (AvgIpc) is 2.40. The zero-order chi connectivity index (χ0) is 14.3. The van der Waals surface area contributed by atoms with Crippen molar-refractivity contribution < 1.29 is 4.79 Å².